The van der Waals surface area contributed by atoms with Crippen molar-refractivity contribution in [1.82, 2.24) is 13.9 Å². The van der Waals surface area contributed by atoms with Crippen LogP contribution in [-0.4, -0.2) is 35.4 Å². The average Bonchev–Trinajstić information content (AvgIpc) is 3.27. The first kappa shape index (κ1) is 19.7. The van der Waals surface area contributed by atoms with Crippen LogP contribution in [0, 0.1) is 6.92 Å². The van der Waals surface area contributed by atoms with Gasteiger partial charge in [-0.25, -0.2) is 17.4 Å². The number of hydrogen-bond acceptors (Lipinski definition) is 5. The molecule has 0 radical (unpaired) electrons. The van der Waals surface area contributed by atoms with Crippen molar-refractivity contribution in [3.63, 3.8) is 0 Å². The second-order valence-electron chi connectivity index (χ2n) is 6.78. The molecular formula is C21H20N4O4S. The lowest BCUT2D eigenvalue weighted by Gasteiger charge is -2.07. The van der Waals surface area contributed by atoms with Crippen LogP contribution in [0.5, 0.6) is 5.75 Å². The molecular weight excluding hydrogens is 404 g/mol. The highest BCUT2D eigenvalue weighted by atomic mass is 32.2. The summed E-state index contributed by atoms with van der Waals surface area (Å²) in [6.45, 7) is 3.20. The number of methoxy groups -OCH3 is 1. The van der Waals surface area contributed by atoms with Crippen molar-refractivity contribution >= 4 is 32.8 Å². The zero-order chi connectivity index (χ0) is 21.5. The molecule has 8 nitrogen and oxygen atoms in total. The molecule has 0 unspecified atom stereocenters. The number of aromatic amines is 1. The topological polar surface area (TPSA) is 106 Å². The van der Waals surface area contributed by atoms with Gasteiger partial charge in [-0.1, -0.05) is 18.2 Å². The van der Waals surface area contributed by atoms with Crippen molar-refractivity contribution in [1.29, 1.82) is 0 Å². The summed E-state index contributed by atoms with van der Waals surface area (Å²) in [6, 6.07) is 13.4. The Morgan fingerprint density at radius 1 is 1.17 bits per heavy atom. The first-order chi connectivity index (χ1) is 14.3. The summed E-state index contributed by atoms with van der Waals surface area (Å²) in [5.74, 6) is 0.629. The fraction of sp³-hybridized carbons (Fsp3) is 0.143. The van der Waals surface area contributed by atoms with E-state index in [1.165, 1.54) is 10.9 Å². The number of rotatable bonds is 5. The minimum absolute atomic E-state index is 0.182. The van der Waals surface area contributed by atoms with Gasteiger partial charge in [0.1, 0.15) is 5.75 Å². The molecule has 2 aromatic heterocycles. The molecule has 2 aromatic carbocycles. The number of amides is 1. The molecule has 0 bridgehead atoms. The van der Waals surface area contributed by atoms with E-state index >= 15 is 0 Å². The first-order valence-corrected chi connectivity index (χ1v) is 10.6. The van der Waals surface area contributed by atoms with Gasteiger partial charge in [-0.05, 0) is 37.3 Å². The maximum atomic E-state index is 13.3. The molecule has 2 N–H and O–H groups in total. The lowest BCUT2D eigenvalue weighted by atomic mass is 10.1. The number of fused-ring (bicyclic) bond motifs is 1. The van der Waals surface area contributed by atoms with Crippen molar-refractivity contribution in [3.05, 3.63) is 60.4 Å². The Hall–Kier alpha value is -3.59. The highest BCUT2D eigenvalue weighted by molar-refractivity contribution is 7.90. The summed E-state index contributed by atoms with van der Waals surface area (Å²) in [4.78, 5) is 19.0. The van der Waals surface area contributed by atoms with Gasteiger partial charge in [0.05, 0.1) is 23.2 Å². The van der Waals surface area contributed by atoms with Crippen LogP contribution in [0.1, 0.15) is 12.6 Å². The number of ether oxygens (including phenoxy) is 1. The van der Waals surface area contributed by atoms with E-state index in [-0.39, 0.29) is 10.8 Å². The molecule has 1 amide bonds. The Balaban J connectivity index is 1.98. The van der Waals surface area contributed by atoms with Gasteiger partial charge in [-0.15, -0.1) is 0 Å². The van der Waals surface area contributed by atoms with E-state index in [4.69, 9.17) is 4.74 Å². The number of aryl methyl sites for hydroxylation is 1. The molecule has 154 valence electrons. The van der Waals surface area contributed by atoms with Crippen molar-refractivity contribution in [3.8, 4) is 17.0 Å². The van der Waals surface area contributed by atoms with Crippen LogP contribution in [0.25, 0.3) is 22.2 Å². The van der Waals surface area contributed by atoms with Crippen LogP contribution in [0.3, 0.4) is 0 Å². The molecule has 0 aliphatic carbocycles. The largest absolute Gasteiger partial charge is 0.497 e. The summed E-state index contributed by atoms with van der Waals surface area (Å²) in [6.07, 6.45) is 1.55. The number of carbonyl (C=O) groups excluding carboxylic acids is 1. The Bertz CT molecular complexity index is 1350. The number of nitrogens with one attached hydrogen (secondary N) is 2. The van der Waals surface area contributed by atoms with Crippen molar-refractivity contribution < 1.29 is 17.9 Å². The van der Waals surface area contributed by atoms with Crippen LogP contribution in [0.2, 0.25) is 0 Å². The first-order valence-electron chi connectivity index (χ1n) is 9.15. The third-order valence-corrected chi connectivity index (χ3v) is 6.40. The molecule has 0 spiro atoms. The number of nitrogens with zero attached hydrogens (tertiary/aromatic N) is 2. The molecule has 0 atom stereocenters. The van der Waals surface area contributed by atoms with Gasteiger partial charge in [-0.3, -0.25) is 10.1 Å². The quantitative estimate of drug-likeness (QED) is 0.510. The van der Waals surface area contributed by atoms with Gasteiger partial charge in [0, 0.05) is 29.8 Å². The van der Waals surface area contributed by atoms with E-state index in [1.807, 2.05) is 6.92 Å². The lowest BCUT2D eigenvalue weighted by Crippen LogP contribution is -2.11. The van der Waals surface area contributed by atoms with Gasteiger partial charge in [0.25, 0.3) is 10.0 Å². The zero-order valence-corrected chi connectivity index (χ0v) is 17.4. The Morgan fingerprint density at radius 2 is 1.90 bits per heavy atom. The van der Waals surface area contributed by atoms with E-state index in [0.29, 0.717) is 39.6 Å². The fourth-order valence-corrected chi connectivity index (χ4v) is 4.74. The minimum atomic E-state index is -3.83. The second kappa shape index (κ2) is 7.34. The van der Waals surface area contributed by atoms with Crippen LogP contribution in [0.15, 0.2) is 59.6 Å². The van der Waals surface area contributed by atoms with E-state index in [0.717, 1.165) is 0 Å². The number of imidazole rings is 1. The van der Waals surface area contributed by atoms with E-state index < -0.39 is 10.0 Å². The highest BCUT2D eigenvalue weighted by Crippen LogP contribution is 2.36. The molecule has 0 saturated heterocycles. The standard InChI is InChI=1S/C21H20N4O4S/c1-13-20(24-21(22-13)23-14(2)26)18-12-25(19-10-9-15(29-3)11-17(18)19)30(27,28)16-7-5-4-6-8-16/h4-12H,1-3H3,(H2,22,23,24,26). The number of H-pyrrole nitrogens is 1. The molecule has 0 fully saturated rings. The van der Waals surface area contributed by atoms with Crippen molar-refractivity contribution in [2.45, 2.75) is 18.7 Å². The average molecular weight is 424 g/mol. The van der Waals surface area contributed by atoms with Gasteiger partial charge in [0.2, 0.25) is 11.9 Å². The Kier molecular flexibility index (Phi) is 4.83. The predicted octanol–water partition coefficient (Wildman–Crippen LogP) is 3.54. The number of anilines is 1. The molecule has 0 aliphatic rings. The summed E-state index contributed by atoms with van der Waals surface area (Å²) in [5, 5.41) is 3.28. The van der Waals surface area contributed by atoms with Crippen LogP contribution in [-0.2, 0) is 14.8 Å². The molecule has 2 heterocycles. The van der Waals surface area contributed by atoms with Gasteiger partial charge in [-0.2, -0.15) is 0 Å². The molecule has 4 aromatic rings. The maximum absolute atomic E-state index is 13.3. The van der Waals surface area contributed by atoms with E-state index in [2.05, 4.69) is 15.3 Å². The third kappa shape index (κ3) is 3.33. The minimum Gasteiger partial charge on any atom is -0.497 e. The van der Waals surface area contributed by atoms with Gasteiger partial charge < -0.3 is 9.72 Å². The van der Waals surface area contributed by atoms with Crippen molar-refractivity contribution in [2.75, 3.05) is 12.4 Å². The Labute approximate surface area is 173 Å². The molecule has 30 heavy (non-hydrogen) atoms. The van der Waals surface area contributed by atoms with Crippen LogP contribution in [0.4, 0.5) is 5.95 Å². The Morgan fingerprint density at radius 3 is 2.57 bits per heavy atom. The SMILES string of the molecule is COc1ccc2c(c1)c(-c1nc(NC(C)=O)[nH]c1C)cn2S(=O)(=O)c1ccccc1. The number of benzene rings is 2. The molecule has 9 heteroatoms. The molecule has 4 rings (SSSR count). The highest BCUT2D eigenvalue weighted by Gasteiger charge is 2.24. The monoisotopic (exact) mass is 424 g/mol. The van der Waals surface area contributed by atoms with E-state index in [1.54, 1.807) is 61.8 Å². The summed E-state index contributed by atoms with van der Waals surface area (Å²) < 4.78 is 33.2. The maximum Gasteiger partial charge on any atom is 0.268 e. The normalized spacial score (nSPS) is 11.6. The van der Waals surface area contributed by atoms with Crippen LogP contribution >= 0.6 is 0 Å². The third-order valence-electron chi connectivity index (χ3n) is 4.71. The summed E-state index contributed by atoms with van der Waals surface area (Å²) in [7, 11) is -2.28. The predicted molar refractivity (Wildman–Crippen MR) is 114 cm³/mol. The van der Waals surface area contributed by atoms with E-state index in [9.17, 15) is 13.2 Å². The van der Waals surface area contributed by atoms with Crippen LogP contribution < -0.4 is 10.1 Å². The molecule has 0 aliphatic heterocycles. The second-order valence-corrected chi connectivity index (χ2v) is 8.59. The number of carbonyl (C=O) groups is 1. The summed E-state index contributed by atoms with van der Waals surface area (Å²) >= 11 is 0. The number of hydrogen-bond donors (Lipinski definition) is 2. The fourth-order valence-electron chi connectivity index (χ4n) is 3.35. The van der Waals surface area contributed by atoms with Gasteiger partial charge >= 0.3 is 0 Å². The smallest absolute Gasteiger partial charge is 0.268 e. The van der Waals surface area contributed by atoms with Crippen molar-refractivity contribution in [2.24, 2.45) is 0 Å². The lowest BCUT2D eigenvalue weighted by molar-refractivity contribution is -0.114. The number of aromatic nitrogens is 3. The zero-order valence-electron chi connectivity index (χ0n) is 16.6. The summed E-state index contributed by atoms with van der Waals surface area (Å²) in [5.41, 5.74) is 2.34. The molecule has 0 saturated carbocycles. The van der Waals surface area contributed by atoms with Gasteiger partial charge in [0.15, 0.2) is 0 Å².